The molecule has 0 unspecified atom stereocenters. The Morgan fingerprint density at radius 2 is 1.76 bits per heavy atom. The predicted octanol–water partition coefficient (Wildman–Crippen LogP) is 3.53. The molecule has 0 spiro atoms. The average molecular weight is 258 g/mol. The van der Waals surface area contributed by atoms with E-state index in [1.807, 2.05) is 0 Å². The third kappa shape index (κ3) is 2.03. The number of hydrogen-bond acceptors (Lipinski definition) is 2. The maximum Gasteiger partial charge on any atom is 0.345 e. The third-order valence-corrected chi connectivity index (χ3v) is 3.22. The molecule has 0 saturated carbocycles. The summed E-state index contributed by atoms with van der Waals surface area (Å²) in [5.41, 5.74) is -0.151. The summed E-state index contributed by atoms with van der Waals surface area (Å²) in [6.45, 7) is 0. The lowest BCUT2D eigenvalue weighted by atomic mass is 10.1. The third-order valence-electron chi connectivity index (χ3n) is 2.12. The maximum absolute atomic E-state index is 13.4. The Balaban J connectivity index is 2.53. The standard InChI is InChI=1S/C11H5F3O2S/c12-6-2-1-5(9(13)10(6)14)7-3-4-8(17-7)11(15)16/h1-4H,(H,15,16). The summed E-state index contributed by atoms with van der Waals surface area (Å²) in [6, 6.07) is 4.51. The van der Waals surface area contributed by atoms with Gasteiger partial charge in [0.05, 0.1) is 0 Å². The zero-order valence-corrected chi connectivity index (χ0v) is 9.02. The highest BCUT2D eigenvalue weighted by Gasteiger charge is 2.17. The second kappa shape index (κ2) is 4.21. The van der Waals surface area contributed by atoms with Crippen LogP contribution in [0.15, 0.2) is 24.3 Å². The van der Waals surface area contributed by atoms with Crippen molar-refractivity contribution in [1.29, 1.82) is 0 Å². The molecule has 2 nitrogen and oxygen atoms in total. The molecule has 1 aromatic heterocycles. The Labute approximate surface area is 97.9 Å². The topological polar surface area (TPSA) is 37.3 Å². The molecule has 0 radical (unpaired) electrons. The van der Waals surface area contributed by atoms with Gasteiger partial charge in [-0.15, -0.1) is 11.3 Å². The molecule has 0 aliphatic carbocycles. The first-order chi connectivity index (χ1) is 8.00. The quantitative estimate of drug-likeness (QED) is 0.837. The Morgan fingerprint density at radius 3 is 2.35 bits per heavy atom. The van der Waals surface area contributed by atoms with E-state index in [1.165, 1.54) is 12.1 Å². The van der Waals surface area contributed by atoms with Crippen molar-refractivity contribution >= 4 is 17.3 Å². The molecule has 0 aliphatic rings. The minimum Gasteiger partial charge on any atom is -0.477 e. The molecule has 1 N–H and O–H groups in total. The molecule has 0 amide bonds. The van der Waals surface area contributed by atoms with E-state index in [0.29, 0.717) is 0 Å². The Morgan fingerprint density at radius 1 is 1.06 bits per heavy atom. The minimum absolute atomic E-state index is 0.00383. The number of rotatable bonds is 2. The summed E-state index contributed by atoms with van der Waals surface area (Å²) in [5.74, 6) is -5.30. The van der Waals surface area contributed by atoms with Crippen LogP contribution in [0.1, 0.15) is 9.67 Å². The molecule has 2 rings (SSSR count). The van der Waals surface area contributed by atoms with Gasteiger partial charge >= 0.3 is 5.97 Å². The number of carboxylic acids is 1. The molecule has 0 atom stereocenters. The van der Waals surface area contributed by atoms with E-state index in [0.717, 1.165) is 23.5 Å². The van der Waals surface area contributed by atoms with E-state index in [2.05, 4.69) is 0 Å². The van der Waals surface area contributed by atoms with Crippen molar-refractivity contribution in [2.45, 2.75) is 0 Å². The number of hydrogen-bond donors (Lipinski definition) is 1. The molecule has 0 saturated heterocycles. The summed E-state index contributed by atoms with van der Waals surface area (Å²) < 4.78 is 39.1. The van der Waals surface area contributed by atoms with Gasteiger partial charge in [-0.3, -0.25) is 0 Å². The van der Waals surface area contributed by atoms with Gasteiger partial charge in [0.25, 0.3) is 0 Å². The highest BCUT2D eigenvalue weighted by molar-refractivity contribution is 7.17. The van der Waals surface area contributed by atoms with Crippen LogP contribution in [0.25, 0.3) is 10.4 Å². The number of benzene rings is 1. The number of carbonyl (C=O) groups is 1. The fraction of sp³-hybridized carbons (Fsp3) is 0. The van der Waals surface area contributed by atoms with Crippen LogP contribution in [0.5, 0.6) is 0 Å². The van der Waals surface area contributed by atoms with E-state index in [1.54, 1.807) is 0 Å². The lowest BCUT2D eigenvalue weighted by Gasteiger charge is -2.01. The van der Waals surface area contributed by atoms with Crippen LogP contribution in [0.2, 0.25) is 0 Å². The molecule has 0 fully saturated rings. The molecule has 17 heavy (non-hydrogen) atoms. The van der Waals surface area contributed by atoms with Gasteiger partial charge in [-0.05, 0) is 24.3 Å². The van der Waals surface area contributed by atoms with E-state index in [4.69, 9.17) is 5.11 Å². The van der Waals surface area contributed by atoms with Crippen molar-refractivity contribution in [2.24, 2.45) is 0 Å². The van der Waals surface area contributed by atoms with Crippen LogP contribution >= 0.6 is 11.3 Å². The molecule has 2 aromatic rings. The van der Waals surface area contributed by atoms with Crippen molar-refractivity contribution in [3.05, 3.63) is 46.6 Å². The number of carboxylic acid groups (broad SMARTS) is 1. The Bertz CT molecular complexity index is 592. The van der Waals surface area contributed by atoms with Crippen LogP contribution in [0, 0.1) is 17.5 Å². The van der Waals surface area contributed by atoms with Crippen molar-refractivity contribution in [1.82, 2.24) is 0 Å². The second-order valence-electron chi connectivity index (χ2n) is 3.19. The van der Waals surface area contributed by atoms with Crippen LogP contribution in [0.3, 0.4) is 0 Å². The van der Waals surface area contributed by atoms with Gasteiger partial charge in [-0.2, -0.15) is 0 Å². The largest absolute Gasteiger partial charge is 0.477 e. The maximum atomic E-state index is 13.4. The normalized spacial score (nSPS) is 10.5. The monoisotopic (exact) mass is 258 g/mol. The molecule has 88 valence electrons. The first-order valence-corrected chi connectivity index (χ1v) is 5.29. The number of thiophene rings is 1. The molecule has 6 heteroatoms. The number of halogens is 3. The SMILES string of the molecule is O=C(O)c1ccc(-c2ccc(F)c(F)c2F)s1. The number of aromatic carboxylic acids is 1. The first kappa shape index (κ1) is 11.7. The van der Waals surface area contributed by atoms with Gasteiger partial charge in [0.15, 0.2) is 17.5 Å². The lowest BCUT2D eigenvalue weighted by molar-refractivity contribution is 0.0702. The van der Waals surface area contributed by atoms with Gasteiger partial charge in [-0.25, -0.2) is 18.0 Å². The molecular formula is C11H5F3O2S. The lowest BCUT2D eigenvalue weighted by Crippen LogP contribution is -1.92. The van der Waals surface area contributed by atoms with Gasteiger partial charge in [0.1, 0.15) is 4.88 Å². The highest BCUT2D eigenvalue weighted by atomic mass is 32.1. The average Bonchev–Trinajstić information content (AvgIpc) is 2.75. The zero-order valence-electron chi connectivity index (χ0n) is 8.21. The van der Waals surface area contributed by atoms with Gasteiger partial charge in [0.2, 0.25) is 0 Å². The van der Waals surface area contributed by atoms with E-state index < -0.39 is 23.4 Å². The van der Waals surface area contributed by atoms with Crippen molar-refractivity contribution in [3.63, 3.8) is 0 Å². The van der Waals surface area contributed by atoms with Crippen molar-refractivity contribution in [2.75, 3.05) is 0 Å². The van der Waals surface area contributed by atoms with E-state index in [9.17, 15) is 18.0 Å². The van der Waals surface area contributed by atoms with Crippen LogP contribution in [-0.2, 0) is 0 Å². The van der Waals surface area contributed by atoms with Crippen molar-refractivity contribution in [3.8, 4) is 10.4 Å². The summed E-state index contributed by atoms with van der Waals surface area (Å²) in [7, 11) is 0. The molecule has 0 bridgehead atoms. The van der Waals surface area contributed by atoms with Crippen LogP contribution in [0.4, 0.5) is 13.2 Å². The smallest absolute Gasteiger partial charge is 0.345 e. The van der Waals surface area contributed by atoms with Crippen LogP contribution < -0.4 is 0 Å². The Hall–Kier alpha value is -1.82. The molecule has 1 heterocycles. The fourth-order valence-electron chi connectivity index (χ4n) is 1.31. The highest BCUT2D eigenvalue weighted by Crippen LogP contribution is 2.31. The van der Waals surface area contributed by atoms with Crippen molar-refractivity contribution < 1.29 is 23.1 Å². The van der Waals surface area contributed by atoms with Gasteiger partial charge in [0, 0.05) is 10.4 Å². The summed E-state index contributed by atoms with van der Waals surface area (Å²) in [4.78, 5) is 10.9. The summed E-state index contributed by atoms with van der Waals surface area (Å²) >= 11 is 0.794. The van der Waals surface area contributed by atoms with Gasteiger partial charge < -0.3 is 5.11 Å². The Kier molecular flexibility index (Phi) is 2.89. The molecule has 1 aromatic carbocycles. The molecule has 0 aliphatic heterocycles. The second-order valence-corrected chi connectivity index (χ2v) is 4.28. The molecular weight excluding hydrogens is 253 g/mol. The predicted molar refractivity (Wildman–Crippen MR) is 56.6 cm³/mol. The minimum atomic E-state index is -1.56. The first-order valence-electron chi connectivity index (χ1n) is 4.47. The summed E-state index contributed by atoms with van der Waals surface area (Å²) in [5, 5.41) is 8.70. The zero-order chi connectivity index (χ0) is 12.6. The van der Waals surface area contributed by atoms with E-state index >= 15 is 0 Å². The van der Waals surface area contributed by atoms with Crippen LogP contribution in [-0.4, -0.2) is 11.1 Å². The van der Waals surface area contributed by atoms with Gasteiger partial charge in [-0.1, -0.05) is 0 Å². The van der Waals surface area contributed by atoms with E-state index in [-0.39, 0.29) is 15.3 Å². The summed E-state index contributed by atoms with van der Waals surface area (Å²) in [6.07, 6.45) is 0. The fourth-order valence-corrected chi connectivity index (χ4v) is 2.18.